The maximum atomic E-state index is 9.06. The Kier molecular flexibility index (Phi) is 2.99. The van der Waals surface area contributed by atoms with Crippen LogP contribution < -0.4 is 5.32 Å². The summed E-state index contributed by atoms with van der Waals surface area (Å²) in [5.41, 5.74) is 2.15. The predicted octanol–water partition coefficient (Wildman–Crippen LogP) is 2.34. The second-order valence-electron chi connectivity index (χ2n) is 4.87. The van der Waals surface area contributed by atoms with E-state index in [2.05, 4.69) is 27.4 Å². The Morgan fingerprint density at radius 2 is 2.44 bits per heavy atom. The Labute approximate surface area is 106 Å². The third-order valence-electron chi connectivity index (χ3n) is 3.77. The molecule has 1 aliphatic rings. The minimum absolute atomic E-state index is 0.174. The van der Waals surface area contributed by atoms with Crippen molar-refractivity contribution in [3.63, 3.8) is 0 Å². The minimum atomic E-state index is 0.174. The van der Waals surface area contributed by atoms with E-state index < -0.39 is 0 Å². The van der Waals surface area contributed by atoms with Gasteiger partial charge in [-0.25, -0.2) is 4.98 Å². The van der Waals surface area contributed by atoms with Crippen LogP contribution in [0.5, 0.6) is 0 Å². The molecular formula is C14H16N4. The molecule has 18 heavy (non-hydrogen) atoms. The molecule has 1 fully saturated rings. The summed E-state index contributed by atoms with van der Waals surface area (Å²) in [5, 5.41) is 13.7. The summed E-state index contributed by atoms with van der Waals surface area (Å²) >= 11 is 0. The smallest absolute Gasteiger partial charge is 0.137 e. The zero-order chi connectivity index (χ0) is 12.4. The summed E-state index contributed by atoms with van der Waals surface area (Å²) in [5.74, 6) is 0.174. The lowest BCUT2D eigenvalue weighted by Gasteiger charge is -2.14. The number of hydrogen-bond donors (Lipinski definition) is 2. The van der Waals surface area contributed by atoms with Gasteiger partial charge in [-0.1, -0.05) is 6.42 Å². The molecule has 3 rings (SSSR count). The first-order valence-electron chi connectivity index (χ1n) is 6.42. The number of nitrogens with one attached hydrogen (secondary N) is 2. The van der Waals surface area contributed by atoms with Gasteiger partial charge in [0.05, 0.1) is 12.0 Å². The van der Waals surface area contributed by atoms with Crippen molar-refractivity contribution in [3.05, 3.63) is 30.1 Å². The fourth-order valence-electron chi connectivity index (χ4n) is 2.76. The number of nitriles is 1. The van der Waals surface area contributed by atoms with Gasteiger partial charge >= 0.3 is 0 Å². The van der Waals surface area contributed by atoms with E-state index in [9.17, 15) is 0 Å². The molecule has 0 amide bonds. The van der Waals surface area contributed by atoms with Crippen LogP contribution in [0.15, 0.2) is 24.5 Å². The first kappa shape index (κ1) is 11.2. The molecular weight excluding hydrogens is 224 g/mol. The molecule has 0 radical (unpaired) electrons. The van der Waals surface area contributed by atoms with Gasteiger partial charge in [-0.15, -0.1) is 0 Å². The third-order valence-corrected chi connectivity index (χ3v) is 3.77. The molecule has 2 heterocycles. The molecule has 1 aliphatic carbocycles. The van der Waals surface area contributed by atoms with E-state index >= 15 is 0 Å². The summed E-state index contributed by atoms with van der Waals surface area (Å²) in [7, 11) is 0. The van der Waals surface area contributed by atoms with E-state index in [1.54, 1.807) is 6.20 Å². The molecule has 2 aromatic heterocycles. The fraction of sp³-hybridized carbons (Fsp3) is 0.429. The van der Waals surface area contributed by atoms with E-state index in [-0.39, 0.29) is 5.92 Å². The topological polar surface area (TPSA) is 64.5 Å². The van der Waals surface area contributed by atoms with Gasteiger partial charge < -0.3 is 10.3 Å². The normalized spacial score (nSPS) is 23.3. The van der Waals surface area contributed by atoms with Gasteiger partial charge in [-0.05, 0) is 30.5 Å². The Bertz CT molecular complexity index is 581. The molecule has 0 bridgehead atoms. The summed E-state index contributed by atoms with van der Waals surface area (Å²) in [4.78, 5) is 7.45. The largest absolute Gasteiger partial charge is 0.346 e. The van der Waals surface area contributed by atoms with Crippen LogP contribution in [0.25, 0.3) is 11.0 Å². The Morgan fingerprint density at radius 1 is 1.50 bits per heavy atom. The zero-order valence-corrected chi connectivity index (χ0v) is 10.2. The molecule has 2 atom stereocenters. The maximum absolute atomic E-state index is 9.06. The summed E-state index contributed by atoms with van der Waals surface area (Å²) < 4.78 is 0. The quantitative estimate of drug-likeness (QED) is 0.865. The number of fused-ring (bicyclic) bond motifs is 1. The zero-order valence-electron chi connectivity index (χ0n) is 10.2. The fourth-order valence-corrected chi connectivity index (χ4v) is 2.76. The van der Waals surface area contributed by atoms with Crippen molar-refractivity contribution in [2.75, 3.05) is 0 Å². The van der Waals surface area contributed by atoms with E-state index in [4.69, 9.17) is 5.26 Å². The second kappa shape index (κ2) is 4.79. The van der Waals surface area contributed by atoms with Gasteiger partial charge in [0.2, 0.25) is 0 Å². The van der Waals surface area contributed by atoms with Gasteiger partial charge in [-0.3, -0.25) is 0 Å². The summed E-state index contributed by atoms with van der Waals surface area (Å²) in [6.07, 6.45) is 7.09. The van der Waals surface area contributed by atoms with Crippen molar-refractivity contribution in [1.29, 1.82) is 5.26 Å². The van der Waals surface area contributed by atoms with Crippen molar-refractivity contribution in [3.8, 4) is 6.07 Å². The molecule has 0 spiro atoms. The number of pyridine rings is 1. The van der Waals surface area contributed by atoms with Crippen molar-refractivity contribution in [2.24, 2.45) is 5.92 Å². The number of aromatic amines is 1. The number of H-pyrrole nitrogens is 1. The monoisotopic (exact) mass is 240 g/mol. The molecule has 0 aliphatic heterocycles. The molecule has 0 saturated heterocycles. The van der Waals surface area contributed by atoms with Gasteiger partial charge in [0.25, 0.3) is 0 Å². The standard InChI is InChI=1S/C14H16N4/c15-7-10-3-1-5-13(10)17-8-11-9-18-14-12(11)4-2-6-16-14/h2,4,6,9-10,13,17H,1,3,5,8H2,(H,16,18). The first-order valence-corrected chi connectivity index (χ1v) is 6.42. The van der Waals surface area contributed by atoms with Crippen molar-refractivity contribution in [2.45, 2.75) is 31.8 Å². The number of rotatable bonds is 3. The van der Waals surface area contributed by atoms with Crippen molar-refractivity contribution < 1.29 is 0 Å². The van der Waals surface area contributed by atoms with Gasteiger partial charge in [-0.2, -0.15) is 5.26 Å². The van der Waals surface area contributed by atoms with E-state index in [0.717, 1.165) is 36.8 Å². The van der Waals surface area contributed by atoms with Crippen LogP contribution in [0.1, 0.15) is 24.8 Å². The van der Waals surface area contributed by atoms with Crippen LogP contribution in [0.3, 0.4) is 0 Å². The van der Waals surface area contributed by atoms with Crippen molar-refractivity contribution >= 4 is 11.0 Å². The Hall–Kier alpha value is -1.86. The molecule has 2 unspecified atom stereocenters. The lowest BCUT2D eigenvalue weighted by atomic mass is 10.1. The lowest BCUT2D eigenvalue weighted by Crippen LogP contribution is -2.31. The SMILES string of the molecule is N#CC1CCCC1NCc1c[nH]c2ncccc12. The van der Waals surface area contributed by atoms with Crippen LogP contribution in [0.4, 0.5) is 0 Å². The van der Waals surface area contributed by atoms with Crippen LogP contribution in [0.2, 0.25) is 0 Å². The Balaban J connectivity index is 1.72. The highest BCUT2D eigenvalue weighted by Crippen LogP contribution is 2.25. The summed E-state index contributed by atoms with van der Waals surface area (Å²) in [6.45, 7) is 0.800. The number of aromatic nitrogens is 2. The highest BCUT2D eigenvalue weighted by molar-refractivity contribution is 5.79. The average molecular weight is 240 g/mol. The third kappa shape index (κ3) is 1.98. The van der Waals surface area contributed by atoms with E-state index in [1.807, 2.05) is 12.3 Å². The van der Waals surface area contributed by atoms with Crippen molar-refractivity contribution in [1.82, 2.24) is 15.3 Å². The summed E-state index contributed by atoms with van der Waals surface area (Å²) in [6, 6.07) is 6.77. The molecule has 4 heteroatoms. The highest BCUT2D eigenvalue weighted by atomic mass is 14.9. The van der Waals surface area contributed by atoms with Gasteiger partial charge in [0.1, 0.15) is 5.65 Å². The van der Waals surface area contributed by atoms with Crippen LogP contribution in [-0.4, -0.2) is 16.0 Å². The van der Waals surface area contributed by atoms with Crippen LogP contribution in [-0.2, 0) is 6.54 Å². The molecule has 92 valence electrons. The highest BCUT2D eigenvalue weighted by Gasteiger charge is 2.26. The van der Waals surface area contributed by atoms with Crippen LogP contribution >= 0.6 is 0 Å². The molecule has 0 aromatic carbocycles. The number of hydrogen-bond acceptors (Lipinski definition) is 3. The maximum Gasteiger partial charge on any atom is 0.137 e. The lowest BCUT2D eigenvalue weighted by molar-refractivity contribution is 0.465. The van der Waals surface area contributed by atoms with E-state index in [0.29, 0.717) is 6.04 Å². The predicted molar refractivity (Wildman–Crippen MR) is 69.7 cm³/mol. The van der Waals surface area contributed by atoms with Crippen LogP contribution in [0, 0.1) is 17.2 Å². The number of nitrogens with zero attached hydrogens (tertiary/aromatic N) is 2. The molecule has 4 nitrogen and oxygen atoms in total. The molecule has 2 aromatic rings. The average Bonchev–Trinajstić information content (AvgIpc) is 3.02. The van der Waals surface area contributed by atoms with Gasteiger partial charge in [0.15, 0.2) is 0 Å². The second-order valence-corrected chi connectivity index (χ2v) is 4.87. The first-order chi connectivity index (χ1) is 8.88. The molecule has 1 saturated carbocycles. The van der Waals surface area contributed by atoms with E-state index in [1.165, 1.54) is 5.56 Å². The molecule has 2 N–H and O–H groups in total. The Morgan fingerprint density at radius 3 is 3.33 bits per heavy atom. The minimum Gasteiger partial charge on any atom is -0.346 e. The van der Waals surface area contributed by atoms with Gasteiger partial charge in [0, 0.05) is 30.4 Å².